The van der Waals surface area contributed by atoms with E-state index in [2.05, 4.69) is 24.3 Å². The van der Waals surface area contributed by atoms with Crippen LogP contribution in [0.25, 0.3) is 5.57 Å². The summed E-state index contributed by atoms with van der Waals surface area (Å²) in [6.07, 6.45) is 8.54. The fourth-order valence-electron chi connectivity index (χ4n) is 4.54. The summed E-state index contributed by atoms with van der Waals surface area (Å²) in [7, 11) is 0. The zero-order chi connectivity index (χ0) is 17.4. The molecule has 0 unspecified atom stereocenters. The summed E-state index contributed by atoms with van der Waals surface area (Å²) in [6, 6.07) is 9.81. The minimum absolute atomic E-state index is 0.0543. The molecule has 0 aromatic heterocycles. The van der Waals surface area contributed by atoms with Crippen LogP contribution in [0.5, 0.6) is 0 Å². The summed E-state index contributed by atoms with van der Waals surface area (Å²) < 4.78 is 0. The zero-order valence-electron chi connectivity index (χ0n) is 14.4. The summed E-state index contributed by atoms with van der Waals surface area (Å²) in [6.45, 7) is -0.0886. The van der Waals surface area contributed by atoms with Crippen LogP contribution in [0.2, 0.25) is 0 Å². The Morgan fingerprint density at radius 1 is 1.28 bits per heavy atom. The van der Waals surface area contributed by atoms with Gasteiger partial charge in [-0.1, -0.05) is 36.8 Å². The number of carbonyl (C=O) groups excluding carboxylic acids is 1. The summed E-state index contributed by atoms with van der Waals surface area (Å²) in [5, 5.41) is 19.7. The van der Waals surface area contributed by atoms with E-state index in [9.17, 15) is 15.2 Å². The number of allylic oxidation sites excluding steroid dienone is 2. The molecule has 3 atom stereocenters. The first kappa shape index (κ1) is 16.4. The van der Waals surface area contributed by atoms with Crippen LogP contribution in [0.3, 0.4) is 0 Å². The van der Waals surface area contributed by atoms with Gasteiger partial charge in [0.05, 0.1) is 18.7 Å². The van der Waals surface area contributed by atoms with Crippen molar-refractivity contribution in [2.75, 3.05) is 6.61 Å². The van der Waals surface area contributed by atoms with E-state index in [4.69, 9.17) is 0 Å². The summed E-state index contributed by atoms with van der Waals surface area (Å²) in [5.41, 5.74) is 3.64. The number of nitrogens with zero attached hydrogens (tertiary/aromatic N) is 2. The molecule has 1 N–H and O–H groups in total. The van der Waals surface area contributed by atoms with Gasteiger partial charge in [-0.25, -0.2) is 0 Å². The highest BCUT2D eigenvalue weighted by atomic mass is 16.3. The molecule has 1 aliphatic heterocycles. The number of benzene rings is 1. The molecule has 1 heterocycles. The van der Waals surface area contributed by atoms with Crippen molar-refractivity contribution in [3.05, 3.63) is 41.5 Å². The lowest BCUT2D eigenvalue weighted by atomic mass is 9.71. The maximum atomic E-state index is 12.7. The first-order valence-corrected chi connectivity index (χ1v) is 9.37. The van der Waals surface area contributed by atoms with E-state index in [0.29, 0.717) is 0 Å². The minimum atomic E-state index is -0.464. The molecule has 1 saturated carbocycles. The number of aliphatic hydroxyl groups excluding tert-OH is 1. The number of hydrogen-bond donors (Lipinski definition) is 1. The third-order valence-corrected chi connectivity index (χ3v) is 6.15. The molecule has 4 heteroatoms. The quantitative estimate of drug-likeness (QED) is 0.918. The second-order valence-corrected chi connectivity index (χ2v) is 7.43. The molecule has 4 rings (SSSR count). The highest BCUT2D eigenvalue weighted by Crippen LogP contribution is 2.46. The normalized spacial score (nSPS) is 28.7. The predicted octanol–water partition coefficient (Wildman–Crippen LogP) is 3.23. The molecule has 0 bridgehead atoms. The van der Waals surface area contributed by atoms with Gasteiger partial charge in [-0.05, 0) is 48.8 Å². The summed E-state index contributed by atoms with van der Waals surface area (Å²) in [4.78, 5) is 14.4. The fourth-order valence-corrected chi connectivity index (χ4v) is 4.54. The number of amides is 1. The van der Waals surface area contributed by atoms with Crippen LogP contribution in [0.15, 0.2) is 30.3 Å². The second-order valence-electron chi connectivity index (χ2n) is 7.43. The van der Waals surface area contributed by atoms with Gasteiger partial charge in [-0.15, -0.1) is 0 Å². The first-order chi connectivity index (χ1) is 12.3. The molecule has 1 aromatic rings. The molecule has 1 aromatic carbocycles. The van der Waals surface area contributed by atoms with E-state index in [1.54, 1.807) is 4.90 Å². The van der Waals surface area contributed by atoms with Crippen molar-refractivity contribution in [1.29, 1.82) is 5.26 Å². The van der Waals surface area contributed by atoms with Gasteiger partial charge >= 0.3 is 0 Å². The average Bonchev–Trinajstić information content (AvgIpc) is 3.08. The fraction of sp³-hybridized carbons (Fsp3) is 0.524. The minimum Gasteiger partial charge on any atom is -0.394 e. The van der Waals surface area contributed by atoms with E-state index in [1.165, 1.54) is 17.6 Å². The number of nitriles is 1. The maximum absolute atomic E-state index is 12.7. The van der Waals surface area contributed by atoms with Crippen LogP contribution in [0, 0.1) is 17.2 Å². The van der Waals surface area contributed by atoms with Gasteiger partial charge in [0, 0.05) is 11.8 Å². The average molecular weight is 336 g/mol. The van der Waals surface area contributed by atoms with E-state index < -0.39 is 6.04 Å². The molecule has 1 amide bonds. The third-order valence-electron chi connectivity index (χ3n) is 6.15. The van der Waals surface area contributed by atoms with Crippen molar-refractivity contribution in [3.63, 3.8) is 0 Å². The van der Waals surface area contributed by atoms with Gasteiger partial charge in [0.2, 0.25) is 5.91 Å². The predicted molar refractivity (Wildman–Crippen MR) is 95.5 cm³/mol. The third kappa shape index (κ3) is 2.58. The van der Waals surface area contributed by atoms with Gasteiger partial charge in [0.1, 0.15) is 6.04 Å². The topological polar surface area (TPSA) is 64.3 Å². The number of rotatable bonds is 4. The Morgan fingerprint density at radius 3 is 2.68 bits per heavy atom. The first-order valence-electron chi connectivity index (χ1n) is 9.37. The number of aliphatic hydroxyl groups is 1. The Balaban J connectivity index is 1.66. The summed E-state index contributed by atoms with van der Waals surface area (Å²) in [5.74, 6) is 0.0148. The van der Waals surface area contributed by atoms with E-state index >= 15 is 0 Å². The molecular weight excluding hydrogens is 312 g/mol. The number of likely N-dealkylation sites (tertiary alicyclic amines) is 1. The Labute approximate surface area is 148 Å². The number of hydrogen-bond acceptors (Lipinski definition) is 3. The van der Waals surface area contributed by atoms with Crippen LogP contribution in [0.4, 0.5) is 0 Å². The highest BCUT2D eigenvalue weighted by Gasteiger charge is 2.53. The molecule has 3 aliphatic rings. The monoisotopic (exact) mass is 336 g/mol. The lowest BCUT2D eigenvalue weighted by molar-refractivity contribution is -0.154. The smallest absolute Gasteiger partial charge is 0.227 e. The van der Waals surface area contributed by atoms with Crippen molar-refractivity contribution in [2.45, 2.75) is 56.5 Å². The van der Waals surface area contributed by atoms with Crippen molar-refractivity contribution in [1.82, 2.24) is 4.90 Å². The molecular formula is C21H24N2O2. The number of carbonyl (C=O) groups is 1. The highest BCUT2D eigenvalue weighted by molar-refractivity contribution is 5.82. The Morgan fingerprint density at radius 2 is 2.08 bits per heavy atom. The standard InChI is InChI=1S/C21H24N2O2/c22-12-18-20(19(13-24)23(18)21(25)15-8-5-9-15)17-11-4-3-10-16(17)14-6-1-2-7-14/h3-4,6,10-11,15,18-20,24H,1-2,5,7-9,13H2/t18-,19+,20+/m1/s1. The van der Waals surface area contributed by atoms with Gasteiger partial charge < -0.3 is 10.0 Å². The van der Waals surface area contributed by atoms with Crippen molar-refractivity contribution < 1.29 is 9.90 Å². The Hall–Kier alpha value is -2.12. The molecule has 2 fully saturated rings. The van der Waals surface area contributed by atoms with E-state index in [1.807, 2.05) is 12.1 Å². The molecule has 0 radical (unpaired) electrons. The largest absolute Gasteiger partial charge is 0.394 e. The van der Waals surface area contributed by atoms with Crippen LogP contribution in [-0.2, 0) is 4.79 Å². The van der Waals surface area contributed by atoms with Crippen LogP contribution in [-0.4, -0.2) is 34.6 Å². The van der Waals surface area contributed by atoms with E-state index in [-0.39, 0.29) is 30.4 Å². The molecule has 4 nitrogen and oxygen atoms in total. The van der Waals surface area contributed by atoms with Gasteiger partial charge in [0.25, 0.3) is 0 Å². The zero-order valence-corrected chi connectivity index (χ0v) is 14.4. The second kappa shape index (κ2) is 6.65. The van der Waals surface area contributed by atoms with Crippen molar-refractivity contribution in [2.24, 2.45) is 5.92 Å². The molecule has 130 valence electrons. The SMILES string of the molecule is N#C[C@@H]1[C@H](c2ccccc2C2=CCCC2)[C@H](CO)N1C(=O)C1CCC1. The Kier molecular flexibility index (Phi) is 4.35. The molecule has 1 saturated heterocycles. The van der Waals surface area contributed by atoms with Gasteiger partial charge in [0.15, 0.2) is 0 Å². The van der Waals surface area contributed by atoms with Crippen LogP contribution < -0.4 is 0 Å². The Bertz CT molecular complexity index is 745. The van der Waals surface area contributed by atoms with Crippen molar-refractivity contribution in [3.8, 4) is 6.07 Å². The maximum Gasteiger partial charge on any atom is 0.227 e. The molecule has 0 spiro atoms. The molecule has 2 aliphatic carbocycles. The van der Waals surface area contributed by atoms with Gasteiger partial charge in [-0.3, -0.25) is 4.79 Å². The van der Waals surface area contributed by atoms with Crippen LogP contribution >= 0.6 is 0 Å². The van der Waals surface area contributed by atoms with Crippen molar-refractivity contribution >= 4 is 11.5 Å². The summed E-state index contributed by atoms with van der Waals surface area (Å²) >= 11 is 0. The van der Waals surface area contributed by atoms with E-state index in [0.717, 1.165) is 37.7 Å². The van der Waals surface area contributed by atoms with Crippen LogP contribution in [0.1, 0.15) is 55.6 Å². The lowest BCUT2D eigenvalue weighted by Crippen LogP contribution is -2.66. The van der Waals surface area contributed by atoms with Gasteiger partial charge in [-0.2, -0.15) is 5.26 Å². The lowest BCUT2D eigenvalue weighted by Gasteiger charge is -2.53. The molecule has 25 heavy (non-hydrogen) atoms.